The van der Waals surface area contributed by atoms with Crippen LogP contribution in [-0.2, 0) is 4.79 Å². The lowest BCUT2D eigenvalue weighted by atomic mass is 9.99. The van der Waals surface area contributed by atoms with Gasteiger partial charge in [0.25, 0.3) is 0 Å². The van der Waals surface area contributed by atoms with Crippen LogP contribution >= 0.6 is 0 Å². The van der Waals surface area contributed by atoms with Crippen LogP contribution in [0.3, 0.4) is 0 Å². The Hall–Kier alpha value is -1.35. The normalized spacial score (nSPS) is 29.5. The van der Waals surface area contributed by atoms with E-state index in [4.69, 9.17) is 0 Å². The van der Waals surface area contributed by atoms with Gasteiger partial charge in [-0.25, -0.2) is 0 Å². The lowest BCUT2D eigenvalue weighted by Gasteiger charge is -2.24. The second-order valence-corrected chi connectivity index (χ2v) is 7.00. The fourth-order valence-electron chi connectivity index (χ4n) is 3.12. The van der Waals surface area contributed by atoms with Gasteiger partial charge in [0.05, 0.1) is 5.54 Å². The van der Waals surface area contributed by atoms with E-state index in [2.05, 4.69) is 55.3 Å². The van der Waals surface area contributed by atoms with Crippen molar-refractivity contribution in [1.82, 2.24) is 10.2 Å². The number of benzene rings is 1. The van der Waals surface area contributed by atoms with E-state index in [1.165, 1.54) is 11.1 Å². The minimum atomic E-state index is -0.413. The number of hydrogen-bond acceptors (Lipinski definition) is 2. The Morgan fingerprint density at radius 3 is 2.38 bits per heavy atom. The highest BCUT2D eigenvalue weighted by Gasteiger charge is 2.51. The van der Waals surface area contributed by atoms with Crippen molar-refractivity contribution in [3.63, 3.8) is 0 Å². The molecule has 114 valence electrons. The maximum Gasteiger partial charge on any atom is 0.244 e. The first-order valence-corrected chi connectivity index (χ1v) is 8.16. The molecule has 1 saturated carbocycles. The highest BCUT2D eigenvalue weighted by atomic mass is 16.2. The van der Waals surface area contributed by atoms with E-state index in [9.17, 15) is 4.79 Å². The van der Waals surface area contributed by atoms with Crippen molar-refractivity contribution in [2.45, 2.75) is 70.6 Å². The zero-order chi connectivity index (χ0) is 15.2. The molecule has 1 aromatic rings. The third kappa shape index (κ3) is 2.48. The van der Waals surface area contributed by atoms with E-state index < -0.39 is 5.54 Å². The summed E-state index contributed by atoms with van der Waals surface area (Å²) in [7, 11) is 0. The molecule has 2 atom stereocenters. The van der Waals surface area contributed by atoms with Gasteiger partial charge in [-0.3, -0.25) is 10.1 Å². The average molecular weight is 286 g/mol. The lowest BCUT2D eigenvalue weighted by molar-refractivity contribution is -0.133. The molecule has 1 N–H and O–H groups in total. The zero-order valence-corrected chi connectivity index (χ0v) is 13.5. The van der Waals surface area contributed by atoms with E-state index in [0.717, 1.165) is 19.3 Å². The van der Waals surface area contributed by atoms with Crippen LogP contribution in [0.1, 0.15) is 70.2 Å². The molecular weight excluding hydrogens is 260 g/mol. The summed E-state index contributed by atoms with van der Waals surface area (Å²) in [6, 6.07) is 9.18. The number of rotatable bonds is 4. The maximum absolute atomic E-state index is 12.8. The molecule has 3 rings (SSSR count). The first kappa shape index (κ1) is 14.6. The van der Waals surface area contributed by atoms with Gasteiger partial charge in [-0.1, -0.05) is 45.0 Å². The molecule has 0 spiro atoms. The molecule has 1 aliphatic carbocycles. The summed E-state index contributed by atoms with van der Waals surface area (Å²) in [6.07, 6.45) is 3.16. The highest BCUT2D eigenvalue weighted by Crippen LogP contribution is 2.41. The molecule has 0 aromatic heterocycles. The zero-order valence-electron chi connectivity index (χ0n) is 13.5. The quantitative estimate of drug-likeness (QED) is 0.917. The highest BCUT2D eigenvalue weighted by molar-refractivity contribution is 5.89. The SMILES string of the molecule is CCC1(C)NC(c2ccc(C(C)C)cc2)N(C2CC2)C1=O. The number of amides is 1. The van der Waals surface area contributed by atoms with Crippen molar-refractivity contribution in [2.75, 3.05) is 0 Å². The fraction of sp³-hybridized carbons (Fsp3) is 0.611. The van der Waals surface area contributed by atoms with Crippen molar-refractivity contribution in [2.24, 2.45) is 0 Å². The molecule has 1 saturated heterocycles. The summed E-state index contributed by atoms with van der Waals surface area (Å²) < 4.78 is 0. The van der Waals surface area contributed by atoms with Gasteiger partial charge in [-0.2, -0.15) is 0 Å². The first-order chi connectivity index (χ1) is 9.96. The summed E-state index contributed by atoms with van der Waals surface area (Å²) in [6.45, 7) is 8.53. The topological polar surface area (TPSA) is 32.3 Å². The molecule has 1 aromatic carbocycles. The Morgan fingerprint density at radius 2 is 1.90 bits per heavy atom. The fourth-order valence-corrected chi connectivity index (χ4v) is 3.12. The summed E-state index contributed by atoms with van der Waals surface area (Å²) in [4.78, 5) is 14.9. The van der Waals surface area contributed by atoms with Crippen molar-refractivity contribution in [3.8, 4) is 0 Å². The monoisotopic (exact) mass is 286 g/mol. The molecule has 1 heterocycles. The van der Waals surface area contributed by atoms with Crippen LogP contribution in [0.5, 0.6) is 0 Å². The summed E-state index contributed by atoms with van der Waals surface area (Å²) in [5.74, 6) is 0.808. The van der Waals surface area contributed by atoms with Crippen LogP contribution in [0.15, 0.2) is 24.3 Å². The Morgan fingerprint density at radius 1 is 1.29 bits per heavy atom. The largest absolute Gasteiger partial charge is 0.318 e. The Bertz CT molecular complexity index is 533. The van der Waals surface area contributed by atoms with Gasteiger partial charge < -0.3 is 4.90 Å². The molecule has 2 aliphatic rings. The number of nitrogens with one attached hydrogen (secondary N) is 1. The smallest absolute Gasteiger partial charge is 0.244 e. The van der Waals surface area contributed by atoms with E-state index in [1.54, 1.807) is 0 Å². The molecule has 3 heteroatoms. The standard InChI is InChI=1S/C18H26N2O/c1-5-18(4)17(21)20(15-10-11-15)16(19-18)14-8-6-13(7-9-14)12(2)3/h6-9,12,15-16,19H,5,10-11H2,1-4H3. The molecule has 0 bridgehead atoms. The van der Waals surface area contributed by atoms with Crippen LogP contribution < -0.4 is 5.32 Å². The first-order valence-electron chi connectivity index (χ1n) is 8.16. The van der Waals surface area contributed by atoms with Crippen LogP contribution in [0.2, 0.25) is 0 Å². The van der Waals surface area contributed by atoms with Crippen molar-refractivity contribution in [3.05, 3.63) is 35.4 Å². The van der Waals surface area contributed by atoms with Crippen LogP contribution in [0.4, 0.5) is 0 Å². The number of nitrogens with zero attached hydrogens (tertiary/aromatic N) is 1. The number of carbonyl (C=O) groups is 1. The van der Waals surface area contributed by atoms with Gasteiger partial charge >= 0.3 is 0 Å². The van der Waals surface area contributed by atoms with Gasteiger partial charge in [0, 0.05) is 6.04 Å². The van der Waals surface area contributed by atoms with E-state index in [0.29, 0.717) is 12.0 Å². The minimum absolute atomic E-state index is 0.0381. The second-order valence-electron chi connectivity index (χ2n) is 7.00. The molecule has 1 amide bonds. The third-order valence-corrected chi connectivity index (χ3v) is 5.01. The van der Waals surface area contributed by atoms with Crippen molar-refractivity contribution < 1.29 is 4.79 Å². The van der Waals surface area contributed by atoms with E-state index in [1.807, 2.05) is 6.92 Å². The van der Waals surface area contributed by atoms with E-state index >= 15 is 0 Å². The van der Waals surface area contributed by atoms with Gasteiger partial charge in [0.1, 0.15) is 6.17 Å². The summed E-state index contributed by atoms with van der Waals surface area (Å²) in [5.41, 5.74) is 2.14. The molecule has 21 heavy (non-hydrogen) atoms. The predicted octanol–water partition coefficient (Wildman–Crippen LogP) is 3.57. The number of carbonyl (C=O) groups excluding carboxylic acids is 1. The molecular formula is C18H26N2O. The average Bonchev–Trinajstić information content (AvgIpc) is 3.27. The molecule has 2 fully saturated rings. The van der Waals surface area contributed by atoms with Crippen LogP contribution in [0, 0.1) is 0 Å². The summed E-state index contributed by atoms with van der Waals surface area (Å²) >= 11 is 0. The van der Waals surface area contributed by atoms with Gasteiger partial charge in [0.15, 0.2) is 0 Å². The van der Waals surface area contributed by atoms with Crippen molar-refractivity contribution >= 4 is 5.91 Å². The predicted molar refractivity (Wildman–Crippen MR) is 85.0 cm³/mol. The van der Waals surface area contributed by atoms with Gasteiger partial charge in [-0.05, 0) is 43.2 Å². The summed E-state index contributed by atoms with van der Waals surface area (Å²) in [5, 5.41) is 3.58. The second kappa shape index (κ2) is 5.13. The van der Waals surface area contributed by atoms with E-state index in [-0.39, 0.29) is 12.1 Å². The van der Waals surface area contributed by atoms with Gasteiger partial charge in [-0.15, -0.1) is 0 Å². The molecule has 2 unspecified atom stereocenters. The molecule has 1 aliphatic heterocycles. The van der Waals surface area contributed by atoms with Crippen LogP contribution in [0.25, 0.3) is 0 Å². The third-order valence-electron chi connectivity index (χ3n) is 5.01. The van der Waals surface area contributed by atoms with Crippen LogP contribution in [-0.4, -0.2) is 22.4 Å². The molecule has 0 radical (unpaired) electrons. The minimum Gasteiger partial charge on any atom is -0.318 e. The lowest BCUT2D eigenvalue weighted by Crippen LogP contribution is -2.43. The van der Waals surface area contributed by atoms with Crippen molar-refractivity contribution in [1.29, 1.82) is 0 Å². The van der Waals surface area contributed by atoms with Gasteiger partial charge in [0.2, 0.25) is 5.91 Å². The molecule has 3 nitrogen and oxygen atoms in total. The maximum atomic E-state index is 12.8. The Balaban J connectivity index is 1.90. The Kier molecular flexibility index (Phi) is 3.56. The Labute approximate surface area is 127 Å². The number of hydrogen-bond donors (Lipinski definition) is 1.